The van der Waals surface area contributed by atoms with E-state index < -0.39 is 24.0 Å². The Morgan fingerprint density at radius 1 is 0.763 bits per heavy atom. The third-order valence-corrected chi connectivity index (χ3v) is 21.0. The van der Waals surface area contributed by atoms with Crippen LogP contribution in [0.1, 0.15) is 64.4 Å². The molecule has 2 nitrogen and oxygen atoms in total. The number of hydrogen-bond donors (Lipinski definition) is 1. The van der Waals surface area contributed by atoms with Gasteiger partial charge in [0.15, 0.2) is 0 Å². The maximum atomic E-state index is 14.1. The van der Waals surface area contributed by atoms with Crippen molar-refractivity contribution in [2.75, 3.05) is 0 Å². The molecule has 0 radical (unpaired) electrons. The molecule has 1 unspecified atom stereocenters. The molecule has 38 heavy (non-hydrogen) atoms. The molecule has 0 aliphatic heterocycles. The van der Waals surface area contributed by atoms with Gasteiger partial charge in [-0.25, -0.2) is 0 Å². The first-order chi connectivity index (χ1) is 17.1. The van der Waals surface area contributed by atoms with Crippen molar-refractivity contribution in [2.45, 2.75) is 53.9 Å². The summed E-state index contributed by atoms with van der Waals surface area (Å²) in [6.45, 7) is 14.0. The number of amides is 1. The number of halogens is 2. The van der Waals surface area contributed by atoms with E-state index in [1.807, 2.05) is 18.2 Å². The smallest absolute Gasteiger partial charge is 1.00 e. The molecule has 0 saturated heterocycles. The SMILES string of the molecule is CC1=C(C)C(C)[C]([Ti+2]([NH]C(=O)c2ccccc2C(C)(C)C)[SiH](c2ccccc2)c2ccccc2)=C1C.[Cl-].[Cl-]. The van der Waals surface area contributed by atoms with E-state index in [1.165, 1.54) is 31.0 Å². The summed E-state index contributed by atoms with van der Waals surface area (Å²) in [6.07, 6.45) is 0. The Hall–Kier alpha value is -1.88. The van der Waals surface area contributed by atoms with Crippen molar-refractivity contribution in [3.8, 4) is 0 Å². The molecular formula is C32H38Cl2NOSiTi. The van der Waals surface area contributed by atoms with E-state index in [4.69, 9.17) is 0 Å². The van der Waals surface area contributed by atoms with Crippen LogP contribution < -0.4 is 39.0 Å². The Balaban J connectivity index is 0.00000253. The van der Waals surface area contributed by atoms with Gasteiger partial charge in [0, 0.05) is 0 Å². The number of benzene rings is 3. The average Bonchev–Trinajstić information content (AvgIpc) is 3.06. The monoisotopic (exact) mass is 598 g/mol. The minimum atomic E-state index is -2.36. The molecule has 0 fully saturated rings. The number of hydrogen-bond acceptors (Lipinski definition) is 1. The minimum absolute atomic E-state index is 0. The molecular weight excluding hydrogens is 561 g/mol. The molecule has 3 aromatic rings. The van der Waals surface area contributed by atoms with Crippen LogP contribution in [0.15, 0.2) is 106 Å². The fourth-order valence-corrected chi connectivity index (χ4v) is 20.5. The number of carbonyl (C=O) groups is 1. The van der Waals surface area contributed by atoms with Gasteiger partial charge < -0.3 is 24.8 Å². The molecule has 0 heterocycles. The predicted octanol–water partition coefficient (Wildman–Crippen LogP) is 0.0534. The first-order valence-electron chi connectivity index (χ1n) is 12.9. The fourth-order valence-electron chi connectivity index (χ4n) is 5.44. The number of nitrogens with one attached hydrogen (secondary N) is 1. The molecule has 6 heteroatoms. The van der Waals surface area contributed by atoms with E-state index in [0.717, 1.165) is 11.1 Å². The third kappa shape index (κ3) is 6.63. The standard InChI is InChI=1S/C12H11Si.C11H15NO.C9H13.2ClH.Ti/c1-3-7-11(8-4-1)13-12-9-5-2-6-10-12;1-11(2,3)9-7-5-4-6-8(9)10(12)13;1-6-5-7(2)9(4)8(6)3;;;/h1-10,13H;4-7H,1-3H3,(H2,12,13);6H,1-4H3;2*1H;/q;;;;;+3/p-3. The van der Waals surface area contributed by atoms with Crippen LogP contribution in [0, 0.1) is 5.92 Å². The molecule has 0 aromatic heterocycles. The second-order valence-electron chi connectivity index (χ2n) is 11.0. The van der Waals surface area contributed by atoms with Gasteiger partial charge in [-0.1, -0.05) is 0 Å². The zero-order valence-corrected chi connectivity index (χ0v) is 27.6. The molecule has 1 amide bonds. The zero-order chi connectivity index (χ0) is 26.0. The molecule has 4 rings (SSSR count). The van der Waals surface area contributed by atoms with Gasteiger partial charge in [-0.3, -0.25) is 0 Å². The maximum Gasteiger partial charge on any atom is -1.00 e. The molecule has 0 spiro atoms. The van der Waals surface area contributed by atoms with Crippen LogP contribution in [-0.2, 0) is 22.8 Å². The van der Waals surface area contributed by atoms with Crippen LogP contribution in [0.4, 0.5) is 0 Å². The second-order valence-corrected chi connectivity index (χ2v) is 20.8. The Morgan fingerprint density at radius 3 is 1.68 bits per heavy atom. The van der Waals surface area contributed by atoms with E-state index in [1.54, 1.807) is 0 Å². The van der Waals surface area contributed by atoms with Crippen LogP contribution in [0.2, 0.25) is 0 Å². The summed E-state index contributed by atoms with van der Waals surface area (Å²) in [5, 5.41) is 2.83. The van der Waals surface area contributed by atoms with E-state index in [0.29, 0.717) is 5.92 Å². The third-order valence-electron chi connectivity index (χ3n) is 7.71. The van der Waals surface area contributed by atoms with Crippen molar-refractivity contribution in [1.29, 1.82) is 0 Å². The minimum Gasteiger partial charge on any atom is -1.00 e. The van der Waals surface area contributed by atoms with Gasteiger partial charge in [0.2, 0.25) is 0 Å². The predicted molar refractivity (Wildman–Crippen MR) is 152 cm³/mol. The summed E-state index contributed by atoms with van der Waals surface area (Å²) in [6, 6.07) is 30.1. The first kappa shape index (κ1) is 32.3. The van der Waals surface area contributed by atoms with Crippen LogP contribution in [0.3, 0.4) is 0 Å². The molecule has 1 aliphatic carbocycles. The van der Waals surface area contributed by atoms with Gasteiger partial charge in [-0.2, -0.15) is 0 Å². The van der Waals surface area contributed by atoms with Gasteiger partial charge in [0.1, 0.15) is 0 Å². The van der Waals surface area contributed by atoms with Crippen LogP contribution in [-0.4, -0.2) is 12.6 Å². The largest absolute Gasteiger partial charge is 1.00 e. The van der Waals surface area contributed by atoms with E-state index in [9.17, 15) is 4.79 Å². The summed E-state index contributed by atoms with van der Waals surface area (Å²) in [5.74, 6) is 0.468. The summed E-state index contributed by atoms with van der Waals surface area (Å²) >= 11 is -2.36. The van der Waals surface area contributed by atoms with Crippen molar-refractivity contribution in [2.24, 2.45) is 5.92 Å². The maximum absolute atomic E-state index is 14.1. The molecule has 0 saturated carbocycles. The van der Waals surface area contributed by atoms with Gasteiger partial charge in [-0.15, -0.1) is 0 Å². The van der Waals surface area contributed by atoms with E-state index in [-0.39, 0.29) is 36.1 Å². The van der Waals surface area contributed by atoms with Gasteiger partial charge >= 0.3 is 225 Å². The summed E-state index contributed by atoms with van der Waals surface area (Å²) in [7, 11) is 0. The van der Waals surface area contributed by atoms with Gasteiger partial charge in [-0.05, 0) is 0 Å². The van der Waals surface area contributed by atoms with Crippen molar-refractivity contribution >= 4 is 22.9 Å². The van der Waals surface area contributed by atoms with Crippen molar-refractivity contribution in [3.63, 3.8) is 0 Å². The van der Waals surface area contributed by atoms with E-state index >= 15 is 0 Å². The molecule has 1 aliphatic rings. The van der Waals surface area contributed by atoms with Crippen LogP contribution in [0.5, 0.6) is 0 Å². The summed E-state index contributed by atoms with van der Waals surface area (Å²) < 4.78 is 5.33. The molecule has 199 valence electrons. The normalized spacial score (nSPS) is 15.2. The Kier molecular flexibility index (Phi) is 11.5. The molecule has 0 bridgehead atoms. The van der Waals surface area contributed by atoms with Gasteiger partial charge in [0.05, 0.1) is 0 Å². The zero-order valence-electron chi connectivity index (χ0n) is 23.4. The first-order valence-corrected chi connectivity index (χ1v) is 18.9. The Morgan fingerprint density at radius 2 is 1.24 bits per heavy atom. The van der Waals surface area contributed by atoms with Crippen LogP contribution >= 0.6 is 0 Å². The Bertz CT molecular complexity index is 1280. The number of allylic oxidation sites excluding steroid dienone is 4. The summed E-state index contributed by atoms with van der Waals surface area (Å²) in [4.78, 5) is 14.1. The molecule has 3 aromatic carbocycles. The second kappa shape index (κ2) is 13.5. The topological polar surface area (TPSA) is 29.1 Å². The molecule has 1 atom stereocenters. The van der Waals surface area contributed by atoms with E-state index in [2.05, 4.69) is 119 Å². The van der Waals surface area contributed by atoms with Crippen LogP contribution in [0.25, 0.3) is 0 Å². The number of carbonyl (C=O) groups excluding carboxylic acids is 1. The molecule has 1 N–H and O–H groups in total. The quantitative estimate of drug-likeness (QED) is 0.399. The average molecular weight is 600 g/mol. The van der Waals surface area contributed by atoms with Crippen molar-refractivity contribution in [1.82, 2.24) is 3.80 Å². The van der Waals surface area contributed by atoms with Crippen molar-refractivity contribution in [3.05, 3.63) is 117 Å². The van der Waals surface area contributed by atoms with Gasteiger partial charge in [0.25, 0.3) is 0 Å². The fraction of sp³-hybridized carbons (Fsp3) is 0.281. The van der Waals surface area contributed by atoms with Crippen molar-refractivity contribution < 1.29 is 47.0 Å². The summed E-state index contributed by atoms with van der Waals surface area (Å²) in [5.41, 5.74) is 6.08. The Labute approximate surface area is 248 Å². The number of rotatable bonds is 6.